The van der Waals surface area contributed by atoms with E-state index in [0.29, 0.717) is 0 Å². The second-order valence-corrected chi connectivity index (χ2v) is 4.59. The normalized spacial score (nSPS) is 20.5. The number of hydrogen-bond donors (Lipinski definition) is 1. The summed E-state index contributed by atoms with van der Waals surface area (Å²) in [6.45, 7) is 6.98. The van der Waals surface area contributed by atoms with E-state index in [1.807, 2.05) is 6.08 Å². The number of hydrogen-bond acceptors (Lipinski definition) is 1. The lowest BCUT2D eigenvalue weighted by Gasteiger charge is -2.09. The highest BCUT2D eigenvalue weighted by Crippen LogP contribution is 2.19. The van der Waals surface area contributed by atoms with E-state index in [1.54, 1.807) is 0 Å². The maximum atomic E-state index is 3.94. The van der Waals surface area contributed by atoms with Crippen molar-refractivity contribution in [3.8, 4) is 0 Å². The van der Waals surface area contributed by atoms with E-state index >= 15 is 0 Å². The Balaban J connectivity index is 2.28. The molecule has 1 aliphatic heterocycles. The molecule has 94 valence electrons. The van der Waals surface area contributed by atoms with Crippen molar-refractivity contribution in [1.29, 1.82) is 0 Å². The zero-order valence-corrected chi connectivity index (χ0v) is 11.1. The summed E-state index contributed by atoms with van der Waals surface area (Å²) in [5.74, 6) is 0. The molecule has 1 nitrogen and oxygen atoms in total. The van der Waals surface area contributed by atoms with Crippen LogP contribution in [0.4, 0.5) is 0 Å². The molecule has 0 aliphatic carbocycles. The molecule has 18 heavy (non-hydrogen) atoms. The van der Waals surface area contributed by atoms with Crippen molar-refractivity contribution in [3.05, 3.63) is 71.5 Å². The van der Waals surface area contributed by atoms with Crippen molar-refractivity contribution in [2.45, 2.75) is 26.2 Å². The summed E-state index contributed by atoms with van der Waals surface area (Å²) in [4.78, 5) is 0. The lowest BCUT2D eigenvalue weighted by atomic mass is 9.98. The highest BCUT2D eigenvalue weighted by Gasteiger charge is 2.08. The Labute approximate surface area is 110 Å². The largest absolute Gasteiger partial charge is 0.384 e. The minimum absolute atomic E-state index is 0.980. The van der Waals surface area contributed by atoms with Crippen molar-refractivity contribution in [1.82, 2.24) is 5.32 Å². The third kappa shape index (κ3) is 2.92. The van der Waals surface area contributed by atoms with E-state index in [1.165, 1.54) is 22.4 Å². The quantitative estimate of drug-likeness (QED) is 0.828. The molecule has 0 fully saturated rings. The molecule has 0 unspecified atom stereocenters. The van der Waals surface area contributed by atoms with E-state index in [9.17, 15) is 0 Å². The van der Waals surface area contributed by atoms with Crippen LogP contribution in [-0.4, -0.2) is 6.54 Å². The van der Waals surface area contributed by atoms with Gasteiger partial charge in [-0.15, -0.1) is 0 Å². The van der Waals surface area contributed by atoms with Gasteiger partial charge < -0.3 is 5.32 Å². The SMILES string of the molecule is C=C/C1=C(\C=C/C)NCCc2ccccc2CC1. The molecule has 1 N–H and O–H groups in total. The Morgan fingerprint density at radius 2 is 1.83 bits per heavy atom. The first kappa shape index (κ1) is 12.7. The van der Waals surface area contributed by atoms with Gasteiger partial charge in [0.25, 0.3) is 0 Å². The fourth-order valence-electron chi connectivity index (χ4n) is 2.44. The van der Waals surface area contributed by atoms with E-state index in [-0.39, 0.29) is 0 Å². The maximum Gasteiger partial charge on any atom is 0.0369 e. The average molecular weight is 239 g/mol. The first-order chi connectivity index (χ1) is 8.85. The van der Waals surface area contributed by atoms with Crippen LogP contribution in [0, 0.1) is 0 Å². The van der Waals surface area contributed by atoms with Gasteiger partial charge in [-0.2, -0.15) is 0 Å². The Morgan fingerprint density at radius 3 is 2.50 bits per heavy atom. The van der Waals surface area contributed by atoms with Crippen LogP contribution in [0.5, 0.6) is 0 Å². The monoisotopic (exact) mass is 239 g/mol. The summed E-state index contributed by atoms with van der Waals surface area (Å²) in [5.41, 5.74) is 5.47. The Bertz CT molecular complexity index is 480. The van der Waals surface area contributed by atoms with Gasteiger partial charge in [0.05, 0.1) is 0 Å². The molecule has 0 bridgehead atoms. The third-order valence-electron chi connectivity index (χ3n) is 3.42. The predicted octanol–water partition coefficient (Wildman–Crippen LogP) is 3.78. The number of rotatable bonds is 2. The van der Waals surface area contributed by atoms with Crippen molar-refractivity contribution in [3.63, 3.8) is 0 Å². The van der Waals surface area contributed by atoms with E-state index in [0.717, 1.165) is 25.8 Å². The molecule has 0 atom stereocenters. The highest BCUT2D eigenvalue weighted by molar-refractivity contribution is 5.35. The van der Waals surface area contributed by atoms with Gasteiger partial charge in [-0.25, -0.2) is 0 Å². The minimum Gasteiger partial charge on any atom is -0.384 e. The van der Waals surface area contributed by atoms with Crippen molar-refractivity contribution >= 4 is 0 Å². The highest BCUT2D eigenvalue weighted by atomic mass is 14.9. The van der Waals surface area contributed by atoms with Crippen molar-refractivity contribution in [2.24, 2.45) is 0 Å². The fraction of sp³-hybridized carbons (Fsp3) is 0.294. The summed E-state index contributed by atoms with van der Waals surface area (Å²) in [6, 6.07) is 8.75. The molecule has 0 saturated carbocycles. The summed E-state index contributed by atoms with van der Waals surface area (Å²) in [5, 5.41) is 3.53. The zero-order valence-electron chi connectivity index (χ0n) is 11.1. The van der Waals surface area contributed by atoms with Crippen LogP contribution in [0.1, 0.15) is 24.5 Å². The molecule has 0 radical (unpaired) electrons. The Hall–Kier alpha value is -1.76. The van der Waals surface area contributed by atoms with Crippen LogP contribution in [0.2, 0.25) is 0 Å². The molecule has 0 spiro atoms. The first-order valence-electron chi connectivity index (χ1n) is 6.64. The van der Waals surface area contributed by atoms with Gasteiger partial charge in [0.1, 0.15) is 0 Å². The minimum atomic E-state index is 0.980. The van der Waals surface area contributed by atoms with Crippen molar-refractivity contribution < 1.29 is 0 Å². The standard InChI is InChI=1S/C17H21N/c1-3-7-17-14(4-2)10-11-15-8-5-6-9-16(15)12-13-18-17/h3-9,18H,2,10-13H2,1H3/b7-3-,17-14-. The van der Waals surface area contributed by atoms with Gasteiger partial charge in [-0.05, 0) is 49.0 Å². The average Bonchev–Trinajstić information content (AvgIpc) is 2.48. The second-order valence-electron chi connectivity index (χ2n) is 4.59. The van der Waals surface area contributed by atoms with Crippen LogP contribution >= 0.6 is 0 Å². The molecule has 1 aromatic rings. The van der Waals surface area contributed by atoms with Crippen LogP contribution in [0.25, 0.3) is 0 Å². The van der Waals surface area contributed by atoms with Gasteiger partial charge in [-0.1, -0.05) is 43.0 Å². The molecule has 0 aromatic heterocycles. The maximum absolute atomic E-state index is 3.94. The molecule has 2 rings (SSSR count). The molecule has 0 saturated heterocycles. The van der Waals surface area contributed by atoms with Crippen LogP contribution in [0.15, 0.2) is 60.3 Å². The van der Waals surface area contributed by atoms with E-state index in [2.05, 4.69) is 55.2 Å². The van der Waals surface area contributed by atoms with Gasteiger partial charge in [0.2, 0.25) is 0 Å². The number of nitrogens with one attached hydrogen (secondary N) is 1. The van der Waals surface area contributed by atoms with E-state index in [4.69, 9.17) is 0 Å². The molecule has 0 amide bonds. The number of fused-ring (bicyclic) bond motifs is 1. The smallest absolute Gasteiger partial charge is 0.0369 e. The summed E-state index contributed by atoms with van der Waals surface area (Å²) in [6.07, 6.45) is 9.44. The first-order valence-corrected chi connectivity index (χ1v) is 6.64. The Kier molecular flexibility index (Phi) is 4.40. The van der Waals surface area contributed by atoms with Gasteiger partial charge in [0.15, 0.2) is 0 Å². The third-order valence-corrected chi connectivity index (χ3v) is 3.42. The lowest BCUT2D eigenvalue weighted by Crippen LogP contribution is -2.16. The van der Waals surface area contributed by atoms with Gasteiger partial charge in [-0.3, -0.25) is 0 Å². The van der Waals surface area contributed by atoms with Gasteiger partial charge in [0, 0.05) is 12.2 Å². The molecule has 1 aliphatic rings. The molecule has 1 heterocycles. The number of benzene rings is 1. The zero-order chi connectivity index (χ0) is 12.8. The summed E-state index contributed by atoms with van der Waals surface area (Å²) >= 11 is 0. The topological polar surface area (TPSA) is 12.0 Å². The predicted molar refractivity (Wildman–Crippen MR) is 78.5 cm³/mol. The molecule has 1 heteroatoms. The van der Waals surface area contributed by atoms with E-state index < -0.39 is 0 Å². The second kappa shape index (κ2) is 6.25. The van der Waals surface area contributed by atoms with Crippen LogP contribution in [0.3, 0.4) is 0 Å². The molecule has 1 aromatic carbocycles. The van der Waals surface area contributed by atoms with Crippen LogP contribution in [-0.2, 0) is 12.8 Å². The number of aryl methyl sites for hydroxylation is 1. The molecular formula is C17H21N. The Morgan fingerprint density at radius 1 is 1.11 bits per heavy atom. The molecular weight excluding hydrogens is 218 g/mol. The van der Waals surface area contributed by atoms with Crippen molar-refractivity contribution in [2.75, 3.05) is 6.54 Å². The fourth-order valence-corrected chi connectivity index (χ4v) is 2.44. The summed E-state index contributed by atoms with van der Waals surface area (Å²) < 4.78 is 0. The van der Waals surface area contributed by atoms with Crippen LogP contribution < -0.4 is 5.32 Å². The van der Waals surface area contributed by atoms with Gasteiger partial charge >= 0.3 is 0 Å². The lowest BCUT2D eigenvalue weighted by molar-refractivity contribution is 0.799. The summed E-state index contributed by atoms with van der Waals surface area (Å²) in [7, 11) is 0. The number of allylic oxidation sites excluding steroid dienone is 4.